The summed E-state index contributed by atoms with van der Waals surface area (Å²) >= 11 is 0. The van der Waals surface area contributed by atoms with Gasteiger partial charge in [-0.25, -0.2) is 13.6 Å². The maximum absolute atomic E-state index is 13.3. The Morgan fingerprint density at radius 2 is 1.94 bits per heavy atom. The number of halogens is 2. The zero-order valence-corrected chi connectivity index (χ0v) is 10.6. The number of carbonyl (C=O) groups is 2. The van der Waals surface area contributed by atoms with Gasteiger partial charge in [-0.05, 0) is 20.8 Å². The number of hydrogen-bond donors (Lipinski definition) is 1. The van der Waals surface area contributed by atoms with Crippen molar-refractivity contribution in [2.45, 2.75) is 38.7 Å². The van der Waals surface area contributed by atoms with Crippen LogP contribution in [-0.4, -0.2) is 46.7 Å². The third kappa shape index (κ3) is 3.54. The highest BCUT2D eigenvalue weighted by atomic mass is 19.3. The molecule has 1 fully saturated rings. The van der Waals surface area contributed by atoms with Crippen LogP contribution in [0.1, 0.15) is 27.2 Å². The summed E-state index contributed by atoms with van der Waals surface area (Å²) in [6, 6.07) is 0. The molecular formula is C11H17F2NO4. The Morgan fingerprint density at radius 3 is 2.39 bits per heavy atom. The van der Waals surface area contributed by atoms with Gasteiger partial charge in [-0.3, -0.25) is 4.79 Å². The molecule has 1 rings (SSSR count). The number of carboxylic acid groups (broad SMARTS) is 1. The number of carbonyl (C=O) groups excluding carboxylic acids is 1. The van der Waals surface area contributed by atoms with E-state index in [1.807, 2.05) is 0 Å². The van der Waals surface area contributed by atoms with Crippen molar-refractivity contribution in [3.63, 3.8) is 0 Å². The summed E-state index contributed by atoms with van der Waals surface area (Å²) in [5.74, 6) is -6.77. The first kappa shape index (κ1) is 14.7. The number of rotatable bonds is 1. The molecule has 0 bridgehead atoms. The van der Waals surface area contributed by atoms with Crippen molar-refractivity contribution >= 4 is 12.1 Å². The minimum atomic E-state index is -3.29. The molecule has 1 atom stereocenters. The molecule has 1 heterocycles. The Bertz CT molecular complexity index is 351. The first-order chi connectivity index (χ1) is 8.03. The number of ether oxygens (including phenoxy) is 1. The predicted molar refractivity (Wildman–Crippen MR) is 58.5 cm³/mol. The highest BCUT2D eigenvalue weighted by Gasteiger charge is 2.49. The molecule has 1 aliphatic rings. The maximum Gasteiger partial charge on any atom is 0.410 e. The minimum Gasteiger partial charge on any atom is -0.481 e. The van der Waals surface area contributed by atoms with Gasteiger partial charge >= 0.3 is 12.1 Å². The molecule has 1 N–H and O–H groups in total. The lowest BCUT2D eigenvalue weighted by Crippen LogP contribution is -2.53. The third-order valence-corrected chi connectivity index (χ3v) is 2.58. The van der Waals surface area contributed by atoms with Crippen molar-refractivity contribution < 1.29 is 28.2 Å². The fraction of sp³-hybridized carbons (Fsp3) is 0.818. The standard InChI is InChI=1S/C11H17F2NO4/c1-10(2,3)18-9(17)14-5-4-11(12,13)7(6-14)8(15)16/h7H,4-6H2,1-3H3,(H,15,16)/t7-/m1/s1. The molecule has 1 aliphatic heterocycles. The maximum atomic E-state index is 13.3. The smallest absolute Gasteiger partial charge is 0.410 e. The van der Waals surface area contributed by atoms with E-state index >= 15 is 0 Å². The van der Waals surface area contributed by atoms with Crippen molar-refractivity contribution in [3.8, 4) is 0 Å². The van der Waals surface area contributed by atoms with E-state index in [2.05, 4.69) is 0 Å². The quantitative estimate of drug-likeness (QED) is 0.787. The number of carboxylic acids is 1. The lowest BCUT2D eigenvalue weighted by molar-refractivity contribution is -0.165. The van der Waals surface area contributed by atoms with Gasteiger partial charge in [-0.2, -0.15) is 0 Å². The first-order valence-corrected chi connectivity index (χ1v) is 5.61. The molecular weight excluding hydrogens is 248 g/mol. The predicted octanol–water partition coefficient (Wildman–Crippen LogP) is 1.96. The van der Waals surface area contributed by atoms with Crippen molar-refractivity contribution in [2.24, 2.45) is 5.92 Å². The Morgan fingerprint density at radius 1 is 1.39 bits per heavy atom. The van der Waals surface area contributed by atoms with Gasteiger partial charge in [0, 0.05) is 19.5 Å². The zero-order valence-electron chi connectivity index (χ0n) is 10.6. The van der Waals surface area contributed by atoms with Gasteiger partial charge < -0.3 is 14.7 Å². The van der Waals surface area contributed by atoms with Crippen LogP contribution in [0.25, 0.3) is 0 Å². The van der Waals surface area contributed by atoms with Crippen LogP contribution in [-0.2, 0) is 9.53 Å². The summed E-state index contributed by atoms with van der Waals surface area (Å²) in [5, 5.41) is 8.75. The van der Waals surface area contributed by atoms with Crippen molar-refractivity contribution in [1.82, 2.24) is 4.90 Å². The van der Waals surface area contributed by atoms with Gasteiger partial charge in [-0.1, -0.05) is 0 Å². The van der Waals surface area contributed by atoms with Gasteiger partial charge in [0.25, 0.3) is 5.92 Å². The van der Waals surface area contributed by atoms with Crippen LogP contribution in [0, 0.1) is 5.92 Å². The second-order valence-corrected chi connectivity index (χ2v) is 5.33. The fourth-order valence-electron chi connectivity index (χ4n) is 1.65. The van der Waals surface area contributed by atoms with Gasteiger partial charge in [0.05, 0.1) is 0 Å². The van der Waals surface area contributed by atoms with Crippen LogP contribution < -0.4 is 0 Å². The Balaban J connectivity index is 2.72. The normalized spacial score (nSPS) is 23.6. The van der Waals surface area contributed by atoms with E-state index in [-0.39, 0.29) is 6.54 Å². The number of hydrogen-bond acceptors (Lipinski definition) is 3. The molecule has 5 nitrogen and oxygen atoms in total. The van der Waals surface area contributed by atoms with E-state index in [4.69, 9.17) is 9.84 Å². The molecule has 0 aromatic carbocycles. The monoisotopic (exact) mass is 265 g/mol. The summed E-state index contributed by atoms with van der Waals surface area (Å²) in [6.45, 7) is 4.22. The van der Waals surface area contributed by atoms with Crippen LogP contribution in [0.4, 0.5) is 13.6 Å². The number of alkyl halides is 2. The molecule has 0 aromatic heterocycles. The topological polar surface area (TPSA) is 66.8 Å². The summed E-state index contributed by atoms with van der Waals surface area (Å²) in [6.07, 6.45) is -1.42. The molecule has 1 saturated heterocycles. The molecule has 0 aliphatic carbocycles. The van der Waals surface area contributed by atoms with Crippen LogP contribution in [0.2, 0.25) is 0 Å². The van der Waals surface area contributed by atoms with Crippen molar-refractivity contribution in [2.75, 3.05) is 13.1 Å². The summed E-state index contributed by atoms with van der Waals surface area (Å²) in [5.41, 5.74) is -0.740. The molecule has 1 amide bonds. The molecule has 0 spiro atoms. The molecule has 0 saturated carbocycles. The van der Waals surface area contributed by atoms with E-state index in [0.29, 0.717) is 0 Å². The molecule has 104 valence electrons. The van der Waals surface area contributed by atoms with Crippen LogP contribution in [0.5, 0.6) is 0 Å². The van der Waals surface area contributed by atoms with Gasteiger partial charge in [0.1, 0.15) is 11.5 Å². The molecule has 0 aromatic rings. The number of nitrogens with zero attached hydrogens (tertiary/aromatic N) is 1. The van der Waals surface area contributed by atoms with Gasteiger partial charge in [0.2, 0.25) is 0 Å². The third-order valence-electron chi connectivity index (χ3n) is 2.58. The Labute approximate surface area is 104 Å². The Hall–Kier alpha value is -1.40. The van der Waals surface area contributed by atoms with Gasteiger partial charge in [-0.15, -0.1) is 0 Å². The van der Waals surface area contributed by atoms with Crippen molar-refractivity contribution in [3.05, 3.63) is 0 Å². The van der Waals surface area contributed by atoms with E-state index < -0.39 is 42.5 Å². The van der Waals surface area contributed by atoms with Crippen LogP contribution >= 0.6 is 0 Å². The summed E-state index contributed by atoms with van der Waals surface area (Å²) in [4.78, 5) is 23.4. The molecule has 7 heteroatoms. The lowest BCUT2D eigenvalue weighted by Gasteiger charge is -2.36. The molecule has 0 unspecified atom stereocenters. The van der Waals surface area contributed by atoms with E-state index in [1.54, 1.807) is 20.8 Å². The minimum absolute atomic E-state index is 0.203. The number of likely N-dealkylation sites (tertiary alicyclic amines) is 1. The van der Waals surface area contributed by atoms with E-state index in [9.17, 15) is 18.4 Å². The summed E-state index contributed by atoms with van der Waals surface area (Å²) < 4.78 is 31.7. The average molecular weight is 265 g/mol. The average Bonchev–Trinajstić information content (AvgIpc) is 2.13. The van der Waals surface area contributed by atoms with Crippen LogP contribution in [0.3, 0.4) is 0 Å². The SMILES string of the molecule is CC(C)(C)OC(=O)N1CCC(F)(F)[C@@H](C(=O)O)C1. The molecule has 0 radical (unpaired) electrons. The van der Waals surface area contributed by atoms with Crippen molar-refractivity contribution in [1.29, 1.82) is 0 Å². The molecule has 18 heavy (non-hydrogen) atoms. The second-order valence-electron chi connectivity index (χ2n) is 5.33. The van der Waals surface area contributed by atoms with Crippen LogP contribution in [0.15, 0.2) is 0 Å². The number of aliphatic carboxylic acids is 1. The highest BCUT2D eigenvalue weighted by Crippen LogP contribution is 2.34. The second kappa shape index (κ2) is 4.70. The summed E-state index contributed by atoms with van der Waals surface area (Å²) in [7, 11) is 0. The first-order valence-electron chi connectivity index (χ1n) is 5.61. The number of piperidine rings is 1. The highest BCUT2D eigenvalue weighted by molar-refractivity contribution is 5.74. The lowest BCUT2D eigenvalue weighted by atomic mass is 9.94. The Kier molecular flexibility index (Phi) is 3.83. The fourth-order valence-corrected chi connectivity index (χ4v) is 1.65. The number of amides is 1. The van der Waals surface area contributed by atoms with Gasteiger partial charge in [0.15, 0.2) is 0 Å². The zero-order chi connectivity index (χ0) is 14.1. The van der Waals surface area contributed by atoms with E-state index in [0.717, 1.165) is 4.90 Å². The largest absolute Gasteiger partial charge is 0.481 e. The van der Waals surface area contributed by atoms with E-state index in [1.165, 1.54) is 0 Å².